The molecule has 0 radical (unpaired) electrons. The van der Waals surface area contributed by atoms with E-state index in [1.54, 1.807) is 20.5 Å². The lowest BCUT2D eigenvalue weighted by atomic mass is 9.94. The van der Waals surface area contributed by atoms with Crippen LogP contribution in [0.4, 0.5) is 5.82 Å². The van der Waals surface area contributed by atoms with E-state index in [-0.39, 0.29) is 0 Å². The number of anilines is 1. The van der Waals surface area contributed by atoms with Crippen molar-refractivity contribution in [2.24, 2.45) is 5.92 Å². The van der Waals surface area contributed by atoms with E-state index in [0.29, 0.717) is 23.5 Å². The fourth-order valence-electron chi connectivity index (χ4n) is 3.43. The molecule has 122 valence electrons. The SMILES string of the molecule is COc1cc2ncnc(N3CCC(C4CO4)CC3)c2cc1OC. The topological polar surface area (TPSA) is 60.0 Å². The second-order valence-corrected chi connectivity index (χ2v) is 6.12. The van der Waals surface area contributed by atoms with Crippen molar-refractivity contribution >= 4 is 16.7 Å². The monoisotopic (exact) mass is 315 g/mol. The maximum atomic E-state index is 5.44. The van der Waals surface area contributed by atoms with E-state index in [1.165, 1.54) is 0 Å². The summed E-state index contributed by atoms with van der Waals surface area (Å²) in [6.07, 6.45) is 4.44. The molecule has 2 aliphatic rings. The molecule has 2 fully saturated rings. The molecule has 2 aliphatic heterocycles. The number of benzene rings is 1. The molecule has 3 heterocycles. The molecule has 1 unspecified atom stereocenters. The van der Waals surface area contributed by atoms with Crippen molar-refractivity contribution in [3.8, 4) is 11.5 Å². The Kier molecular flexibility index (Phi) is 3.69. The first-order valence-electron chi connectivity index (χ1n) is 8.03. The van der Waals surface area contributed by atoms with Crippen molar-refractivity contribution in [2.45, 2.75) is 18.9 Å². The van der Waals surface area contributed by atoms with Crippen molar-refractivity contribution in [1.82, 2.24) is 9.97 Å². The Bertz CT molecular complexity index is 710. The van der Waals surface area contributed by atoms with Crippen LogP contribution < -0.4 is 14.4 Å². The van der Waals surface area contributed by atoms with E-state index in [1.807, 2.05) is 12.1 Å². The zero-order valence-electron chi connectivity index (χ0n) is 13.5. The normalized spacial score (nSPS) is 21.5. The Morgan fingerprint density at radius 1 is 1.09 bits per heavy atom. The smallest absolute Gasteiger partial charge is 0.162 e. The van der Waals surface area contributed by atoms with Crippen LogP contribution in [0, 0.1) is 5.92 Å². The lowest BCUT2D eigenvalue weighted by molar-refractivity contribution is 0.288. The van der Waals surface area contributed by atoms with Gasteiger partial charge < -0.3 is 19.1 Å². The zero-order chi connectivity index (χ0) is 15.8. The van der Waals surface area contributed by atoms with Gasteiger partial charge in [0.05, 0.1) is 32.4 Å². The highest BCUT2D eigenvalue weighted by Crippen LogP contribution is 2.36. The van der Waals surface area contributed by atoms with E-state index in [9.17, 15) is 0 Å². The van der Waals surface area contributed by atoms with Crippen LogP contribution in [0.3, 0.4) is 0 Å². The van der Waals surface area contributed by atoms with E-state index < -0.39 is 0 Å². The maximum absolute atomic E-state index is 5.44. The molecular weight excluding hydrogens is 294 g/mol. The molecule has 0 amide bonds. The van der Waals surface area contributed by atoms with Gasteiger partial charge in [-0.05, 0) is 24.8 Å². The number of methoxy groups -OCH3 is 2. The molecule has 2 aromatic rings. The lowest BCUT2D eigenvalue weighted by Crippen LogP contribution is -2.36. The van der Waals surface area contributed by atoms with Gasteiger partial charge in [0, 0.05) is 24.5 Å². The second kappa shape index (κ2) is 5.85. The number of aromatic nitrogens is 2. The summed E-state index contributed by atoms with van der Waals surface area (Å²) in [5.74, 6) is 3.08. The summed E-state index contributed by atoms with van der Waals surface area (Å²) < 4.78 is 16.2. The number of rotatable bonds is 4. The quantitative estimate of drug-likeness (QED) is 0.807. The third kappa shape index (κ3) is 2.67. The number of fused-ring (bicyclic) bond motifs is 1. The number of nitrogens with zero attached hydrogens (tertiary/aromatic N) is 3. The Morgan fingerprint density at radius 2 is 1.78 bits per heavy atom. The van der Waals surface area contributed by atoms with Gasteiger partial charge >= 0.3 is 0 Å². The van der Waals surface area contributed by atoms with Gasteiger partial charge in [0.2, 0.25) is 0 Å². The summed E-state index contributed by atoms with van der Waals surface area (Å²) in [5.41, 5.74) is 0.875. The minimum atomic E-state index is 0.503. The molecule has 0 spiro atoms. The molecule has 1 atom stereocenters. The minimum absolute atomic E-state index is 0.503. The average Bonchev–Trinajstić information content (AvgIpc) is 3.45. The highest BCUT2D eigenvalue weighted by molar-refractivity contribution is 5.92. The third-order valence-electron chi connectivity index (χ3n) is 4.84. The molecule has 1 aromatic carbocycles. The van der Waals surface area contributed by atoms with E-state index in [2.05, 4.69) is 14.9 Å². The fourth-order valence-corrected chi connectivity index (χ4v) is 3.43. The van der Waals surface area contributed by atoms with Crippen LogP contribution in [0.2, 0.25) is 0 Å². The molecule has 0 aliphatic carbocycles. The molecule has 0 bridgehead atoms. The van der Waals surface area contributed by atoms with Crippen molar-refractivity contribution in [3.05, 3.63) is 18.5 Å². The third-order valence-corrected chi connectivity index (χ3v) is 4.84. The van der Waals surface area contributed by atoms with Crippen LogP contribution in [-0.2, 0) is 4.74 Å². The van der Waals surface area contributed by atoms with E-state index in [4.69, 9.17) is 14.2 Å². The number of piperidine rings is 1. The van der Waals surface area contributed by atoms with Crippen molar-refractivity contribution in [3.63, 3.8) is 0 Å². The molecule has 1 aromatic heterocycles. The average molecular weight is 315 g/mol. The standard InChI is InChI=1S/C17H21N3O3/c1-21-14-7-12-13(8-15(14)22-2)18-10-19-17(12)20-5-3-11(4-6-20)16-9-23-16/h7-8,10-11,16H,3-6,9H2,1-2H3. The van der Waals surface area contributed by atoms with E-state index in [0.717, 1.165) is 49.3 Å². The summed E-state index contributed by atoms with van der Waals surface area (Å²) in [6.45, 7) is 2.95. The van der Waals surface area contributed by atoms with Crippen LogP contribution in [0.15, 0.2) is 18.5 Å². The number of epoxide rings is 1. The van der Waals surface area contributed by atoms with Gasteiger partial charge in [0.1, 0.15) is 12.1 Å². The van der Waals surface area contributed by atoms with Crippen LogP contribution in [0.5, 0.6) is 11.5 Å². The van der Waals surface area contributed by atoms with Crippen LogP contribution in [-0.4, -0.2) is 50.0 Å². The van der Waals surface area contributed by atoms with E-state index >= 15 is 0 Å². The fraction of sp³-hybridized carbons (Fsp3) is 0.529. The van der Waals surface area contributed by atoms with Crippen molar-refractivity contribution < 1.29 is 14.2 Å². The summed E-state index contributed by atoms with van der Waals surface area (Å²) in [7, 11) is 3.28. The summed E-state index contributed by atoms with van der Waals surface area (Å²) in [5, 5.41) is 1.01. The molecule has 6 heteroatoms. The molecule has 6 nitrogen and oxygen atoms in total. The Hall–Kier alpha value is -2.08. The summed E-state index contributed by atoms with van der Waals surface area (Å²) in [4.78, 5) is 11.3. The lowest BCUT2D eigenvalue weighted by Gasteiger charge is -2.32. The van der Waals surface area contributed by atoms with Gasteiger partial charge in [-0.15, -0.1) is 0 Å². The van der Waals surface area contributed by atoms with Gasteiger partial charge in [-0.2, -0.15) is 0 Å². The molecule has 2 saturated heterocycles. The van der Waals surface area contributed by atoms with Crippen molar-refractivity contribution in [2.75, 3.05) is 38.8 Å². The van der Waals surface area contributed by atoms with Crippen LogP contribution >= 0.6 is 0 Å². The van der Waals surface area contributed by atoms with Crippen molar-refractivity contribution in [1.29, 1.82) is 0 Å². The highest BCUT2D eigenvalue weighted by atomic mass is 16.6. The number of hydrogen-bond donors (Lipinski definition) is 0. The first-order chi connectivity index (χ1) is 11.3. The Morgan fingerprint density at radius 3 is 2.43 bits per heavy atom. The van der Waals surface area contributed by atoms with Crippen LogP contribution in [0.25, 0.3) is 10.9 Å². The Balaban J connectivity index is 1.66. The minimum Gasteiger partial charge on any atom is -0.493 e. The zero-order valence-corrected chi connectivity index (χ0v) is 13.5. The first-order valence-corrected chi connectivity index (χ1v) is 8.03. The molecule has 0 N–H and O–H groups in total. The van der Waals surface area contributed by atoms with Gasteiger partial charge in [-0.25, -0.2) is 9.97 Å². The first kappa shape index (κ1) is 14.5. The molecule has 0 saturated carbocycles. The second-order valence-electron chi connectivity index (χ2n) is 6.12. The van der Waals surface area contributed by atoms with Gasteiger partial charge in [-0.1, -0.05) is 0 Å². The molecular formula is C17H21N3O3. The van der Waals surface area contributed by atoms with Gasteiger partial charge in [0.15, 0.2) is 11.5 Å². The number of ether oxygens (including phenoxy) is 3. The summed E-state index contributed by atoms with van der Waals surface area (Å²) in [6, 6.07) is 3.88. The highest BCUT2D eigenvalue weighted by Gasteiger charge is 2.35. The molecule has 4 rings (SSSR count). The molecule has 23 heavy (non-hydrogen) atoms. The summed E-state index contributed by atoms with van der Waals surface area (Å²) >= 11 is 0. The predicted molar refractivity (Wildman–Crippen MR) is 87.3 cm³/mol. The van der Waals surface area contributed by atoms with Crippen LogP contribution in [0.1, 0.15) is 12.8 Å². The largest absolute Gasteiger partial charge is 0.493 e. The maximum Gasteiger partial charge on any atom is 0.162 e. The predicted octanol–water partition coefficient (Wildman–Crippen LogP) is 2.26. The number of hydrogen-bond acceptors (Lipinski definition) is 6. The van der Waals surface area contributed by atoms with Gasteiger partial charge in [0.25, 0.3) is 0 Å². The van der Waals surface area contributed by atoms with Gasteiger partial charge in [-0.3, -0.25) is 0 Å². The Labute approximate surface area is 135 Å².